The number of aliphatic imine (C=N–C) groups is 2. The number of benzene rings is 8. The number of aromatic amines is 1. The van der Waals surface area contributed by atoms with E-state index in [-0.39, 0.29) is 0 Å². The van der Waals surface area contributed by atoms with Gasteiger partial charge in [0.25, 0.3) is 0 Å². The van der Waals surface area contributed by atoms with E-state index in [0.29, 0.717) is 6.54 Å². The summed E-state index contributed by atoms with van der Waals surface area (Å²) >= 11 is 0. The van der Waals surface area contributed by atoms with E-state index in [1.807, 2.05) is 54.6 Å². The van der Waals surface area contributed by atoms with E-state index >= 15 is 0 Å². The van der Waals surface area contributed by atoms with Crippen LogP contribution in [0.5, 0.6) is 0 Å². The summed E-state index contributed by atoms with van der Waals surface area (Å²) in [7, 11) is 0. The Hall–Kier alpha value is -7.04. The molecule has 0 aliphatic heterocycles. The van der Waals surface area contributed by atoms with Gasteiger partial charge in [0.1, 0.15) is 0 Å². The molecule has 53 heavy (non-hydrogen) atoms. The quantitative estimate of drug-likeness (QED) is 0.163. The molecule has 4 heteroatoms. The molecule has 10 aromatic rings. The lowest BCUT2D eigenvalue weighted by Crippen LogP contribution is -2.00. The van der Waals surface area contributed by atoms with Crippen molar-refractivity contribution >= 4 is 83.3 Å². The van der Waals surface area contributed by atoms with Gasteiger partial charge in [0.2, 0.25) is 0 Å². The van der Waals surface area contributed by atoms with Crippen molar-refractivity contribution in [3.05, 3.63) is 193 Å². The van der Waals surface area contributed by atoms with Gasteiger partial charge in [0.15, 0.2) is 0 Å². The summed E-state index contributed by atoms with van der Waals surface area (Å²) in [6.45, 7) is 4.39. The second kappa shape index (κ2) is 12.6. The third-order valence-electron chi connectivity index (χ3n) is 10.4. The Kier molecular flexibility index (Phi) is 7.33. The maximum atomic E-state index is 5.12. The fourth-order valence-electron chi connectivity index (χ4n) is 7.78. The number of fused-ring (bicyclic) bond motifs is 8. The Bertz CT molecular complexity index is 3070. The zero-order valence-electron chi connectivity index (χ0n) is 29.0. The first-order valence-electron chi connectivity index (χ1n) is 17.9. The van der Waals surface area contributed by atoms with Crippen LogP contribution < -0.4 is 0 Å². The van der Waals surface area contributed by atoms with E-state index in [1.54, 1.807) is 0 Å². The highest BCUT2D eigenvalue weighted by Gasteiger charge is 2.17. The molecule has 0 fully saturated rings. The molecule has 250 valence electrons. The molecule has 0 atom stereocenters. The third-order valence-corrected chi connectivity index (χ3v) is 10.4. The van der Waals surface area contributed by atoms with Crippen LogP contribution in [0.15, 0.2) is 186 Å². The summed E-state index contributed by atoms with van der Waals surface area (Å²) in [6.07, 6.45) is 2.03. The second-order valence-electron chi connectivity index (χ2n) is 13.6. The van der Waals surface area contributed by atoms with Gasteiger partial charge in [-0.2, -0.15) is 0 Å². The van der Waals surface area contributed by atoms with E-state index in [4.69, 9.17) is 4.99 Å². The van der Waals surface area contributed by atoms with Gasteiger partial charge in [-0.3, -0.25) is 9.98 Å². The lowest BCUT2D eigenvalue weighted by Gasteiger charge is -2.10. The number of aromatic nitrogens is 2. The predicted molar refractivity (Wildman–Crippen MR) is 226 cm³/mol. The highest BCUT2D eigenvalue weighted by Crippen LogP contribution is 2.39. The fourth-order valence-corrected chi connectivity index (χ4v) is 7.78. The lowest BCUT2D eigenvalue weighted by atomic mass is 10.0. The molecule has 0 saturated carbocycles. The van der Waals surface area contributed by atoms with Crippen molar-refractivity contribution in [1.82, 2.24) is 9.55 Å². The molecule has 4 nitrogen and oxygen atoms in total. The summed E-state index contributed by atoms with van der Waals surface area (Å²) in [5.74, 6) is 0. The van der Waals surface area contributed by atoms with Crippen LogP contribution in [0, 0.1) is 0 Å². The number of allylic oxidation sites excluding steroid dienone is 1. The Labute approximate surface area is 306 Å². The largest absolute Gasteiger partial charge is 0.354 e. The van der Waals surface area contributed by atoms with Gasteiger partial charge in [-0.05, 0) is 94.0 Å². The minimum atomic E-state index is 0.530. The molecule has 1 N–H and O–H groups in total. The third kappa shape index (κ3) is 5.40. The minimum absolute atomic E-state index is 0.530. The molecule has 0 bridgehead atoms. The van der Waals surface area contributed by atoms with Crippen molar-refractivity contribution in [2.75, 3.05) is 0 Å². The van der Waals surface area contributed by atoms with Gasteiger partial charge in [-0.25, -0.2) is 0 Å². The average Bonchev–Trinajstić information content (AvgIpc) is 3.72. The topological polar surface area (TPSA) is 45.4 Å². The van der Waals surface area contributed by atoms with Crippen LogP contribution in [0.4, 0.5) is 0 Å². The van der Waals surface area contributed by atoms with Crippen LogP contribution in [-0.2, 0) is 6.54 Å². The van der Waals surface area contributed by atoms with Crippen molar-refractivity contribution in [2.24, 2.45) is 9.98 Å². The van der Waals surface area contributed by atoms with Crippen LogP contribution in [0.3, 0.4) is 0 Å². The van der Waals surface area contributed by atoms with Crippen molar-refractivity contribution < 1.29 is 0 Å². The second-order valence-corrected chi connectivity index (χ2v) is 13.6. The van der Waals surface area contributed by atoms with E-state index in [9.17, 15) is 0 Å². The lowest BCUT2D eigenvalue weighted by molar-refractivity contribution is 1.06. The summed E-state index contributed by atoms with van der Waals surface area (Å²) in [5.41, 5.74) is 10.6. The van der Waals surface area contributed by atoms with E-state index in [2.05, 4.69) is 143 Å². The molecular formula is C49H34N4. The molecule has 10 rings (SSSR count). The van der Waals surface area contributed by atoms with Crippen LogP contribution in [0.2, 0.25) is 0 Å². The number of hydrogen-bond acceptors (Lipinski definition) is 2. The monoisotopic (exact) mass is 678 g/mol. The zero-order chi connectivity index (χ0) is 35.3. The number of nitrogens with one attached hydrogen (secondary N) is 1. The average molecular weight is 679 g/mol. The Morgan fingerprint density at radius 3 is 1.74 bits per heavy atom. The van der Waals surface area contributed by atoms with Gasteiger partial charge in [0.05, 0.1) is 29.0 Å². The van der Waals surface area contributed by atoms with Gasteiger partial charge in [-0.1, -0.05) is 121 Å². The van der Waals surface area contributed by atoms with Crippen molar-refractivity contribution in [3.63, 3.8) is 0 Å². The molecule has 0 radical (unpaired) electrons. The molecular weight excluding hydrogens is 645 g/mol. The van der Waals surface area contributed by atoms with Gasteiger partial charge in [0, 0.05) is 43.8 Å². The van der Waals surface area contributed by atoms with Gasteiger partial charge < -0.3 is 9.55 Å². The zero-order valence-corrected chi connectivity index (χ0v) is 29.0. The normalized spacial score (nSPS) is 12.5. The van der Waals surface area contributed by atoms with E-state index in [1.165, 1.54) is 54.1 Å². The Balaban J connectivity index is 1.10. The fraction of sp³-hybridized carbons (Fsp3) is 0.0204. The minimum Gasteiger partial charge on any atom is -0.354 e. The van der Waals surface area contributed by atoms with Gasteiger partial charge >= 0.3 is 0 Å². The van der Waals surface area contributed by atoms with Crippen LogP contribution in [0.1, 0.15) is 16.7 Å². The number of nitrogens with zero attached hydrogens (tertiary/aromatic N) is 3. The van der Waals surface area contributed by atoms with E-state index in [0.717, 1.165) is 44.8 Å². The van der Waals surface area contributed by atoms with Crippen molar-refractivity contribution in [2.45, 2.75) is 6.54 Å². The molecule has 8 aromatic carbocycles. The molecule has 0 aliphatic rings. The first-order chi connectivity index (χ1) is 26.2. The van der Waals surface area contributed by atoms with Gasteiger partial charge in [-0.15, -0.1) is 0 Å². The smallest absolute Gasteiger partial charge is 0.0716 e. The predicted octanol–water partition coefficient (Wildman–Crippen LogP) is 12.5. The van der Waals surface area contributed by atoms with Crippen LogP contribution in [0.25, 0.3) is 76.5 Å². The molecule has 2 heterocycles. The summed E-state index contributed by atoms with van der Waals surface area (Å²) < 4.78 is 2.41. The van der Waals surface area contributed by atoms with Crippen LogP contribution >= 0.6 is 0 Å². The maximum Gasteiger partial charge on any atom is 0.0716 e. The van der Waals surface area contributed by atoms with Crippen molar-refractivity contribution in [1.29, 1.82) is 0 Å². The number of H-pyrrole nitrogens is 1. The summed E-state index contributed by atoms with van der Waals surface area (Å²) in [6, 6.07) is 60.4. The molecule has 0 amide bonds. The summed E-state index contributed by atoms with van der Waals surface area (Å²) in [5, 5.41) is 9.92. The van der Waals surface area contributed by atoms with Crippen molar-refractivity contribution in [3.8, 4) is 5.69 Å². The molecule has 0 unspecified atom stereocenters. The number of rotatable bonds is 7. The first-order valence-corrected chi connectivity index (χ1v) is 17.9. The molecule has 0 saturated heterocycles. The Morgan fingerprint density at radius 1 is 0.528 bits per heavy atom. The maximum absolute atomic E-state index is 5.12. The van der Waals surface area contributed by atoms with E-state index < -0.39 is 0 Å². The first kappa shape index (κ1) is 30.8. The van der Waals surface area contributed by atoms with Crippen LogP contribution in [-0.4, -0.2) is 22.0 Å². The number of hydrogen-bond donors (Lipinski definition) is 1. The summed E-state index contributed by atoms with van der Waals surface area (Å²) in [4.78, 5) is 13.2. The molecule has 2 aromatic heterocycles. The molecule has 0 spiro atoms. The molecule has 0 aliphatic carbocycles. The standard InChI is InChI=1S/C49H34N4/c1-50-44(33-12-4-2-5-13-33)29-45(34-14-6-3-7-15-34)51-31-32-20-22-39(23-21-32)53-48-27-38-19-11-9-17-36(38)25-42(48)43-28-41-40-24-35-16-8-10-18-37(35)26-46(40)52-47(41)30-49(43)53/h2-30,52H,1,31H2/b44-29-,51-45+. The SMILES string of the molecule is C=N/C(=C\C(=N/Cc1ccc(-n2c3cc4ccccc4cc3c3cc4c(cc32)[nH]c2cc3ccccc3cc24)cc1)c1ccccc1)c1ccccc1. The highest BCUT2D eigenvalue weighted by atomic mass is 15.0. The highest BCUT2D eigenvalue weighted by molar-refractivity contribution is 6.21. The Morgan fingerprint density at radius 2 is 1.06 bits per heavy atom.